The van der Waals surface area contributed by atoms with Crippen molar-refractivity contribution < 1.29 is 4.79 Å². The average molecular weight is 246 g/mol. The van der Waals surface area contributed by atoms with E-state index < -0.39 is 0 Å². The summed E-state index contributed by atoms with van der Waals surface area (Å²) in [4.78, 5) is 13.7. The highest BCUT2D eigenvalue weighted by Gasteiger charge is 2.16. The molecular formula is C15H22N2O. The summed E-state index contributed by atoms with van der Waals surface area (Å²) < 4.78 is 0. The minimum absolute atomic E-state index is 0.257. The molecule has 3 nitrogen and oxygen atoms in total. The molecule has 1 aliphatic heterocycles. The Bertz CT molecular complexity index is 358. The van der Waals surface area contributed by atoms with Crippen LogP contribution in [0.1, 0.15) is 24.8 Å². The van der Waals surface area contributed by atoms with Crippen molar-refractivity contribution in [3.8, 4) is 0 Å². The second kappa shape index (κ2) is 7.17. The van der Waals surface area contributed by atoms with Crippen LogP contribution in [0.25, 0.3) is 0 Å². The Morgan fingerprint density at radius 2 is 1.89 bits per heavy atom. The number of rotatable bonds is 6. The molecule has 1 aliphatic rings. The summed E-state index contributed by atoms with van der Waals surface area (Å²) >= 11 is 0. The van der Waals surface area contributed by atoms with Gasteiger partial charge in [-0.2, -0.15) is 0 Å². The van der Waals surface area contributed by atoms with Crippen molar-refractivity contribution in [3.63, 3.8) is 0 Å². The minimum atomic E-state index is 0.257. The lowest BCUT2D eigenvalue weighted by Crippen LogP contribution is -2.36. The van der Waals surface area contributed by atoms with Crippen LogP contribution in [0.2, 0.25) is 0 Å². The normalized spacial score (nSPS) is 15.0. The molecule has 1 aromatic carbocycles. The summed E-state index contributed by atoms with van der Waals surface area (Å²) in [6.07, 6.45) is 4.49. The number of amides is 1. The molecule has 1 heterocycles. The Hall–Kier alpha value is -1.35. The summed E-state index contributed by atoms with van der Waals surface area (Å²) in [6.45, 7) is 3.30. The van der Waals surface area contributed by atoms with Gasteiger partial charge in [0.2, 0.25) is 5.91 Å². The van der Waals surface area contributed by atoms with Crippen LogP contribution >= 0.6 is 0 Å². The van der Waals surface area contributed by atoms with Crippen LogP contribution < -0.4 is 5.32 Å². The first kappa shape index (κ1) is 13.1. The quantitative estimate of drug-likeness (QED) is 0.777. The van der Waals surface area contributed by atoms with Gasteiger partial charge in [0.1, 0.15) is 0 Å². The lowest BCUT2D eigenvalue weighted by Gasteiger charge is -2.15. The maximum absolute atomic E-state index is 11.7. The van der Waals surface area contributed by atoms with E-state index in [0.29, 0.717) is 6.54 Å². The zero-order valence-corrected chi connectivity index (χ0v) is 10.9. The summed E-state index contributed by atoms with van der Waals surface area (Å²) in [5, 5.41) is 3.24. The highest BCUT2D eigenvalue weighted by molar-refractivity contribution is 5.78. The number of carbonyl (C=O) groups is 1. The van der Waals surface area contributed by atoms with Crippen LogP contribution in [0.3, 0.4) is 0 Å². The maximum Gasteiger partial charge on any atom is 0.236 e. The molecule has 0 radical (unpaired) electrons. The monoisotopic (exact) mass is 246 g/mol. The molecule has 0 unspecified atom stereocenters. The zero-order chi connectivity index (χ0) is 12.6. The third-order valence-electron chi connectivity index (χ3n) is 3.40. The Balaban J connectivity index is 1.54. The van der Waals surface area contributed by atoms with Crippen LogP contribution in [-0.4, -0.2) is 37.0 Å². The average Bonchev–Trinajstić information content (AvgIpc) is 2.93. The number of hydrogen-bond acceptors (Lipinski definition) is 2. The van der Waals surface area contributed by atoms with Gasteiger partial charge in [-0.25, -0.2) is 0 Å². The van der Waals surface area contributed by atoms with Gasteiger partial charge in [0, 0.05) is 13.1 Å². The molecule has 0 aromatic heterocycles. The molecular weight excluding hydrogens is 224 g/mol. The van der Waals surface area contributed by atoms with Gasteiger partial charge in [0.25, 0.3) is 0 Å². The SMILES string of the molecule is O=C(CNCCCc1ccccc1)N1CCCC1. The fourth-order valence-electron chi connectivity index (χ4n) is 2.34. The van der Waals surface area contributed by atoms with Crippen LogP contribution in [0.4, 0.5) is 0 Å². The Morgan fingerprint density at radius 1 is 1.17 bits per heavy atom. The maximum atomic E-state index is 11.7. The fraction of sp³-hybridized carbons (Fsp3) is 0.533. The Morgan fingerprint density at radius 3 is 2.61 bits per heavy atom. The lowest BCUT2D eigenvalue weighted by atomic mass is 10.1. The van der Waals surface area contributed by atoms with E-state index >= 15 is 0 Å². The molecule has 98 valence electrons. The molecule has 2 rings (SSSR count). The van der Waals surface area contributed by atoms with Crippen LogP contribution in [-0.2, 0) is 11.2 Å². The van der Waals surface area contributed by atoms with Crippen molar-refractivity contribution in [3.05, 3.63) is 35.9 Å². The molecule has 1 saturated heterocycles. The van der Waals surface area contributed by atoms with E-state index in [-0.39, 0.29) is 5.91 Å². The van der Waals surface area contributed by atoms with Crippen molar-refractivity contribution >= 4 is 5.91 Å². The van der Waals surface area contributed by atoms with Crippen LogP contribution in [0, 0.1) is 0 Å². The molecule has 1 N–H and O–H groups in total. The van der Waals surface area contributed by atoms with Crippen molar-refractivity contribution in [2.75, 3.05) is 26.2 Å². The molecule has 1 aromatic rings. The highest BCUT2D eigenvalue weighted by Crippen LogP contribution is 2.06. The number of nitrogens with one attached hydrogen (secondary N) is 1. The van der Waals surface area contributed by atoms with E-state index in [2.05, 4.69) is 29.6 Å². The second-order valence-electron chi connectivity index (χ2n) is 4.85. The smallest absolute Gasteiger partial charge is 0.236 e. The van der Waals surface area contributed by atoms with Gasteiger partial charge in [-0.3, -0.25) is 4.79 Å². The van der Waals surface area contributed by atoms with Crippen molar-refractivity contribution in [1.82, 2.24) is 10.2 Å². The molecule has 3 heteroatoms. The lowest BCUT2D eigenvalue weighted by molar-refractivity contribution is -0.129. The van der Waals surface area contributed by atoms with E-state index in [1.165, 1.54) is 18.4 Å². The third kappa shape index (κ3) is 4.15. The molecule has 0 spiro atoms. The van der Waals surface area contributed by atoms with E-state index in [4.69, 9.17) is 0 Å². The van der Waals surface area contributed by atoms with Gasteiger partial charge in [-0.1, -0.05) is 30.3 Å². The number of carbonyl (C=O) groups excluding carboxylic acids is 1. The largest absolute Gasteiger partial charge is 0.342 e. The molecule has 18 heavy (non-hydrogen) atoms. The van der Waals surface area contributed by atoms with E-state index in [0.717, 1.165) is 32.5 Å². The van der Waals surface area contributed by atoms with E-state index in [1.807, 2.05) is 11.0 Å². The number of benzene rings is 1. The number of aryl methyl sites for hydroxylation is 1. The standard InChI is InChI=1S/C15H22N2O/c18-15(17-11-4-5-12-17)13-16-10-6-9-14-7-2-1-3-8-14/h1-3,7-8,16H,4-6,9-13H2. The summed E-state index contributed by atoms with van der Waals surface area (Å²) in [7, 11) is 0. The second-order valence-corrected chi connectivity index (χ2v) is 4.85. The molecule has 0 atom stereocenters. The predicted molar refractivity (Wildman–Crippen MR) is 73.4 cm³/mol. The first-order valence-corrected chi connectivity index (χ1v) is 6.89. The number of likely N-dealkylation sites (tertiary alicyclic amines) is 1. The molecule has 0 bridgehead atoms. The van der Waals surface area contributed by atoms with E-state index in [1.54, 1.807) is 0 Å². The van der Waals surface area contributed by atoms with Crippen LogP contribution in [0.15, 0.2) is 30.3 Å². The topological polar surface area (TPSA) is 32.3 Å². The van der Waals surface area contributed by atoms with Gasteiger partial charge < -0.3 is 10.2 Å². The van der Waals surface area contributed by atoms with Gasteiger partial charge in [-0.15, -0.1) is 0 Å². The summed E-state index contributed by atoms with van der Waals surface area (Å²) in [5.41, 5.74) is 1.37. The zero-order valence-electron chi connectivity index (χ0n) is 10.9. The van der Waals surface area contributed by atoms with Crippen molar-refractivity contribution in [2.45, 2.75) is 25.7 Å². The molecule has 1 fully saturated rings. The number of nitrogens with zero attached hydrogens (tertiary/aromatic N) is 1. The Kier molecular flexibility index (Phi) is 5.21. The fourth-order valence-corrected chi connectivity index (χ4v) is 2.34. The van der Waals surface area contributed by atoms with Gasteiger partial charge >= 0.3 is 0 Å². The summed E-state index contributed by atoms with van der Waals surface area (Å²) in [6, 6.07) is 10.5. The minimum Gasteiger partial charge on any atom is -0.342 e. The van der Waals surface area contributed by atoms with Gasteiger partial charge in [0.05, 0.1) is 6.54 Å². The molecule has 1 amide bonds. The molecule has 0 aliphatic carbocycles. The van der Waals surface area contributed by atoms with Gasteiger partial charge in [0.15, 0.2) is 0 Å². The Labute approximate surface area is 109 Å². The first-order valence-electron chi connectivity index (χ1n) is 6.89. The summed E-state index contributed by atoms with van der Waals surface area (Å²) in [5.74, 6) is 0.257. The highest BCUT2D eigenvalue weighted by atomic mass is 16.2. The van der Waals surface area contributed by atoms with E-state index in [9.17, 15) is 4.79 Å². The van der Waals surface area contributed by atoms with Gasteiger partial charge in [-0.05, 0) is 37.8 Å². The van der Waals surface area contributed by atoms with Crippen LogP contribution in [0.5, 0.6) is 0 Å². The first-order chi connectivity index (χ1) is 8.86. The van der Waals surface area contributed by atoms with Crippen molar-refractivity contribution in [2.24, 2.45) is 0 Å². The number of hydrogen-bond donors (Lipinski definition) is 1. The predicted octanol–water partition coefficient (Wildman–Crippen LogP) is 1.83. The van der Waals surface area contributed by atoms with Crippen molar-refractivity contribution in [1.29, 1.82) is 0 Å². The third-order valence-corrected chi connectivity index (χ3v) is 3.40. The molecule has 0 saturated carbocycles.